The van der Waals surface area contributed by atoms with Gasteiger partial charge in [-0.1, -0.05) is 60.7 Å². The molecule has 3 aromatic rings. The van der Waals surface area contributed by atoms with Crippen molar-refractivity contribution in [3.8, 4) is 11.5 Å². The predicted octanol–water partition coefficient (Wildman–Crippen LogP) is 5.71. The second-order valence-electron chi connectivity index (χ2n) is 7.94. The Morgan fingerprint density at radius 1 is 1.06 bits per heavy atom. The number of para-hydroxylation sites is 1. The molecule has 6 heteroatoms. The molecule has 3 unspecified atom stereocenters. The Bertz CT molecular complexity index is 1160. The van der Waals surface area contributed by atoms with Crippen molar-refractivity contribution < 1.29 is 14.8 Å². The van der Waals surface area contributed by atoms with Crippen molar-refractivity contribution in [1.82, 2.24) is 0 Å². The number of fused-ring (bicyclic) bond motifs is 3. The van der Waals surface area contributed by atoms with Crippen LogP contribution in [-0.2, 0) is 6.61 Å². The van der Waals surface area contributed by atoms with Crippen LogP contribution in [0, 0.1) is 16.0 Å². The van der Waals surface area contributed by atoms with Crippen LogP contribution in [0.5, 0.6) is 11.5 Å². The summed E-state index contributed by atoms with van der Waals surface area (Å²) < 4.78 is 6.17. The molecule has 3 aromatic carbocycles. The first-order chi connectivity index (χ1) is 15.1. The molecule has 0 saturated heterocycles. The van der Waals surface area contributed by atoms with E-state index in [1.54, 1.807) is 0 Å². The molecule has 6 nitrogen and oxygen atoms in total. The predicted molar refractivity (Wildman–Crippen MR) is 118 cm³/mol. The number of nitrogens with one attached hydrogen (secondary N) is 1. The van der Waals surface area contributed by atoms with Crippen LogP contribution in [0.25, 0.3) is 0 Å². The van der Waals surface area contributed by atoms with Crippen molar-refractivity contribution in [2.75, 3.05) is 5.32 Å². The summed E-state index contributed by atoms with van der Waals surface area (Å²) in [5.41, 5.74) is 3.09. The number of ether oxygens (including phenoxy) is 1. The van der Waals surface area contributed by atoms with Crippen LogP contribution in [0.4, 0.5) is 11.4 Å². The highest BCUT2D eigenvalue weighted by Gasteiger charge is 2.43. The summed E-state index contributed by atoms with van der Waals surface area (Å²) in [5.74, 6) is 0.736. The minimum atomic E-state index is -0.375. The number of benzene rings is 3. The van der Waals surface area contributed by atoms with E-state index >= 15 is 0 Å². The van der Waals surface area contributed by atoms with Crippen LogP contribution < -0.4 is 10.1 Å². The van der Waals surface area contributed by atoms with Crippen molar-refractivity contribution in [2.45, 2.75) is 25.0 Å². The van der Waals surface area contributed by atoms with Gasteiger partial charge in [0.05, 0.1) is 22.2 Å². The van der Waals surface area contributed by atoms with Crippen molar-refractivity contribution in [1.29, 1.82) is 0 Å². The van der Waals surface area contributed by atoms with Crippen molar-refractivity contribution in [3.05, 3.63) is 106 Å². The number of allylic oxidation sites excluding steroid dienone is 2. The Balaban J connectivity index is 1.53. The summed E-state index contributed by atoms with van der Waals surface area (Å²) in [5, 5.41) is 25.6. The molecule has 0 fully saturated rings. The van der Waals surface area contributed by atoms with Gasteiger partial charge in [0.1, 0.15) is 18.1 Å². The zero-order valence-corrected chi connectivity index (χ0v) is 16.8. The maximum Gasteiger partial charge on any atom is 0.275 e. The first-order valence-corrected chi connectivity index (χ1v) is 10.3. The SMILES string of the molecule is O=[N+]([O-])c1ccc(O)c2c1C1C=CCC1C(c1ccccc1OCc1ccccc1)N2. The van der Waals surface area contributed by atoms with Gasteiger partial charge >= 0.3 is 0 Å². The van der Waals surface area contributed by atoms with E-state index in [2.05, 4.69) is 11.4 Å². The molecule has 1 aliphatic heterocycles. The lowest BCUT2D eigenvalue weighted by Gasteiger charge is -2.37. The fraction of sp³-hybridized carbons (Fsp3) is 0.200. The molecule has 0 aromatic heterocycles. The van der Waals surface area contributed by atoms with Crippen LogP contribution >= 0.6 is 0 Å². The summed E-state index contributed by atoms with van der Waals surface area (Å²) in [6.45, 7) is 0.449. The fourth-order valence-electron chi connectivity index (χ4n) is 4.75. The highest BCUT2D eigenvalue weighted by molar-refractivity contribution is 5.73. The van der Waals surface area contributed by atoms with E-state index in [-0.39, 0.29) is 34.2 Å². The lowest BCUT2D eigenvalue weighted by molar-refractivity contribution is -0.385. The fourth-order valence-corrected chi connectivity index (χ4v) is 4.75. The molecule has 0 bridgehead atoms. The molecule has 1 aliphatic carbocycles. The smallest absolute Gasteiger partial charge is 0.275 e. The molecule has 2 N–H and O–H groups in total. The average Bonchev–Trinajstić information content (AvgIpc) is 3.28. The zero-order valence-electron chi connectivity index (χ0n) is 16.8. The minimum Gasteiger partial charge on any atom is -0.506 e. The number of aromatic hydroxyl groups is 1. The standard InChI is InChI=1S/C25H22N2O4/c28-21-14-13-20(27(29)30)23-17-10-6-11-18(17)24(26-25(21)23)19-9-4-5-12-22(19)31-15-16-7-2-1-3-8-16/h1-10,12-14,17-18,24,26,28H,11,15H2. The number of hydrogen-bond donors (Lipinski definition) is 2. The highest BCUT2D eigenvalue weighted by Crippen LogP contribution is 2.55. The number of nitro benzene ring substituents is 1. The van der Waals surface area contributed by atoms with E-state index in [1.807, 2.05) is 60.7 Å². The van der Waals surface area contributed by atoms with Gasteiger partial charge in [0, 0.05) is 17.5 Å². The summed E-state index contributed by atoms with van der Waals surface area (Å²) >= 11 is 0. The number of phenolic OH excluding ortho intramolecular Hbond substituents is 1. The summed E-state index contributed by atoms with van der Waals surface area (Å²) in [6.07, 6.45) is 4.89. The summed E-state index contributed by atoms with van der Waals surface area (Å²) in [7, 11) is 0. The monoisotopic (exact) mass is 414 g/mol. The maximum atomic E-state index is 11.7. The second kappa shape index (κ2) is 7.80. The third-order valence-corrected chi connectivity index (χ3v) is 6.16. The van der Waals surface area contributed by atoms with Crippen molar-refractivity contribution >= 4 is 11.4 Å². The van der Waals surface area contributed by atoms with Gasteiger partial charge in [0.25, 0.3) is 5.69 Å². The molecule has 0 radical (unpaired) electrons. The summed E-state index contributed by atoms with van der Waals surface area (Å²) in [6, 6.07) is 20.5. The van der Waals surface area contributed by atoms with Gasteiger partial charge < -0.3 is 15.2 Å². The van der Waals surface area contributed by atoms with Crippen molar-refractivity contribution in [3.63, 3.8) is 0 Å². The van der Waals surface area contributed by atoms with Crippen LogP contribution in [0.15, 0.2) is 78.9 Å². The lowest BCUT2D eigenvalue weighted by Crippen LogP contribution is -2.30. The molecule has 1 heterocycles. The van der Waals surface area contributed by atoms with Crippen LogP contribution in [0.2, 0.25) is 0 Å². The number of phenols is 1. The number of nitro groups is 1. The number of rotatable bonds is 5. The largest absolute Gasteiger partial charge is 0.506 e. The molecule has 0 saturated carbocycles. The number of nitrogens with zero attached hydrogens (tertiary/aromatic N) is 1. The molecular formula is C25H22N2O4. The third-order valence-electron chi connectivity index (χ3n) is 6.16. The zero-order chi connectivity index (χ0) is 21.4. The molecule has 31 heavy (non-hydrogen) atoms. The summed E-state index contributed by atoms with van der Waals surface area (Å²) in [4.78, 5) is 11.3. The number of hydrogen-bond acceptors (Lipinski definition) is 5. The van der Waals surface area contributed by atoms with Gasteiger partial charge in [0.2, 0.25) is 0 Å². The van der Waals surface area contributed by atoms with Gasteiger partial charge in [-0.25, -0.2) is 0 Å². The van der Waals surface area contributed by atoms with Crippen molar-refractivity contribution in [2.24, 2.45) is 5.92 Å². The minimum absolute atomic E-state index is 0.0204. The Kier molecular flexibility index (Phi) is 4.82. The average molecular weight is 414 g/mol. The Labute approximate surface area is 180 Å². The molecule has 0 spiro atoms. The van der Waals surface area contributed by atoms with E-state index in [9.17, 15) is 15.2 Å². The van der Waals surface area contributed by atoms with E-state index < -0.39 is 0 Å². The maximum absolute atomic E-state index is 11.7. The molecule has 0 amide bonds. The second-order valence-corrected chi connectivity index (χ2v) is 7.94. The number of anilines is 1. The molecule has 2 aliphatic rings. The van der Waals surface area contributed by atoms with Gasteiger partial charge in [-0.15, -0.1) is 0 Å². The Morgan fingerprint density at radius 3 is 2.65 bits per heavy atom. The first-order valence-electron chi connectivity index (χ1n) is 10.3. The molecule has 5 rings (SSSR count). The Hall–Kier alpha value is -3.80. The first kappa shape index (κ1) is 19.2. The van der Waals surface area contributed by atoms with Gasteiger partial charge in [-0.05, 0) is 30.0 Å². The third kappa shape index (κ3) is 3.40. The lowest BCUT2D eigenvalue weighted by atomic mass is 9.76. The Morgan fingerprint density at radius 2 is 1.84 bits per heavy atom. The van der Waals surface area contributed by atoms with Crippen LogP contribution in [0.1, 0.15) is 35.1 Å². The molecular weight excluding hydrogens is 392 g/mol. The molecule has 3 atom stereocenters. The normalized spacial score (nSPS) is 21.1. The van der Waals surface area contributed by atoms with Gasteiger partial charge in [0.15, 0.2) is 0 Å². The topological polar surface area (TPSA) is 84.6 Å². The highest BCUT2D eigenvalue weighted by atomic mass is 16.6. The molecule has 156 valence electrons. The van der Waals surface area contributed by atoms with Crippen LogP contribution in [0.3, 0.4) is 0 Å². The van der Waals surface area contributed by atoms with Crippen LogP contribution in [-0.4, -0.2) is 10.0 Å². The van der Waals surface area contributed by atoms with E-state index in [0.717, 1.165) is 23.3 Å². The van der Waals surface area contributed by atoms with Gasteiger partial charge in [-0.2, -0.15) is 0 Å². The van der Waals surface area contributed by atoms with E-state index in [1.165, 1.54) is 12.1 Å². The van der Waals surface area contributed by atoms with E-state index in [4.69, 9.17) is 4.74 Å². The van der Waals surface area contributed by atoms with Gasteiger partial charge in [-0.3, -0.25) is 10.1 Å². The quantitative estimate of drug-likeness (QED) is 0.242. The van der Waals surface area contributed by atoms with E-state index in [0.29, 0.717) is 17.9 Å².